The van der Waals surface area contributed by atoms with Crippen LogP contribution in [-0.2, 0) is 12.8 Å². The lowest BCUT2D eigenvalue weighted by molar-refractivity contribution is 0.267. The van der Waals surface area contributed by atoms with Crippen molar-refractivity contribution in [2.75, 3.05) is 35.0 Å². The molecule has 0 radical (unpaired) electrons. The lowest BCUT2D eigenvalue weighted by atomic mass is 9.96. The smallest absolute Gasteiger partial charge is 0.207 e. The highest BCUT2D eigenvalue weighted by Crippen LogP contribution is 2.51. The van der Waals surface area contributed by atoms with Gasteiger partial charge in [-0.1, -0.05) is 42.5 Å². The molecule has 0 atom stereocenters. The summed E-state index contributed by atoms with van der Waals surface area (Å²) >= 11 is 0. The SMILES string of the molecule is COc1c2c(c(OC)c(OC)c1OC)CCC(CCOc1ccc(-c3ccccc3)cc1)CC2. The van der Waals surface area contributed by atoms with E-state index in [1.165, 1.54) is 11.1 Å². The van der Waals surface area contributed by atoms with Crippen molar-refractivity contribution in [3.05, 3.63) is 65.7 Å². The summed E-state index contributed by atoms with van der Waals surface area (Å²) in [5.41, 5.74) is 4.74. The van der Waals surface area contributed by atoms with Crippen LogP contribution in [-0.4, -0.2) is 35.0 Å². The quantitative estimate of drug-likeness (QED) is 0.347. The van der Waals surface area contributed by atoms with Crippen molar-refractivity contribution in [1.82, 2.24) is 0 Å². The number of methoxy groups -OCH3 is 4. The van der Waals surface area contributed by atoms with Gasteiger partial charge in [-0.05, 0) is 61.3 Å². The highest BCUT2D eigenvalue weighted by molar-refractivity contribution is 5.67. The third kappa shape index (κ3) is 4.93. The second kappa shape index (κ2) is 11.2. The third-order valence-corrected chi connectivity index (χ3v) is 6.71. The molecule has 0 saturated heterocycles. The van der Waals surface area contributed by atoms with Gasteiger partial charge in [0.1, 0.15) is 5.75 Å². The van der Waals surface area contributed by atoms with Gasteiger partial charge in [0.25, 0.3) is 0 Å². The first-order chi connectivity index (χ1) is 16.7. The van der Waals surface area contributed by atoms with Gasteiger partial charge in [0.2, 0.25) is 11.5 Å². The molecule has 0 spiro atoms. The molecule has 0 N–H and O–H groups in total. The molecule has 0 amide bonds. The van der Waals surface area contributed by atoms with Gasteiger partial charge in [0, 0.05) is 11.1 Å². The van der Waals surface area contributed by atoms with Gasteiger partial charge in [0.15, 0.2) is 11.5 Å². The zero-order valence-electron chi connectivity index (χ0n) is 20.6. The zero-order valence-corrected chi connectivity index (χ0v) is 20.6. The molecule has 0 fully saturated rings. The molecule has 5 heteroatoms. The Morgan fingerprint density at radius 2 is 1.12 bits per heavy atom. The maximum atomic E-state index is 6.09. The molecule has 0 aromatic heterocycles. The van der Waals surface area contributed by atoms with Gasteiger partial charge in [-0.3, -0.25) is 0 Å². The maximum absolute atomic E-state index is 6.09. The van der Waals surface area contributed by atoms with Gasteiger partial charge in [-0.25, -0.2) is 0 Å². The molecule has 0 unspecified atom stereocenters. The molecule has 0 heterocycles. The van der Waals surface area contributed by atoms with Crippen molar-refractivity contribution < 1.29 is 23.7 Å². The predicted octanol–water partition coefficient (Wildman–Crippen LogP) is 6.35. The summed E-state index contributed by atoms with van der Waals surface area (Å²) in [7, 11) is 6.64. The molecule has 3 aromatic rings. The Balaban J connectivity index is 1.40. The van der Waals surface area contributed by atoms with E-state index < -0.39 is 0 Å². The van der Waals surface area contributed by atoms with Crippen molar-refractivity contribution >= 4 is 0 Å². The van der Waals surface area contributed by atoms with Crippen molar-refractivity contribution in [2.24, 2.45) is 5.92 Å². The standard InChI is InChI=1S/C29H34O5/c1-30-26-24-16-10-20(11-17-25(24)27(31-2)29(33-4)28(26)32-3)18-19-34-23-14-12-22(13-15-23)21-8-6-5-7-9-21/h5-9,12-15,20H,10-11,16-19H2,1-4H3. The Morgan fingerprint density at radius 1 is 0.618 bits per heavy atom. The Morgan fingerprint density at radius 3 is 1.62 bits per heavy atom. The number of hydrogen-bond donors (Lipinski definition) is 0. The van der Waals surface area contributed by atoms with E-state index in [-0.39, 0.29) is 0 Å². The molecule has 180 valence electrons. The zero-order chi connectivity index (χ0) is 23.9. The summed E-state index contributed by atoms with van der Waals surface area (Å²) in [5.74, 6) is 4.18. The predicted molar refractivity (Wildman–Crippen MR) is 135 cm³/mol. The summed E-state index contributed by atoms with van der Waals surface area (Å²) in [6.07, 6.45) is 4.96. The number of fused-ring (bicyclic) bond motifs is 1. The van der Waals surface area contributed by atoms with E-state index >= 15 is 0 Å². The van der Waals surface area contributed by atoms with Crippen molar-refractivity contribution in [3.8, 4) is 39.9 Å². The van der Waals surface area contributed by atoms with E-state index in [1.807, 2.05) is 6.07 Å². The molecule has 34 heavy (non-hydrogen) atoms. The lowest BCUT2D eigenvalue weighted by Gasteiger charge is -2.21. The third-order valence-electron chi connectivity index (χ3n) is 6.71. The van der Waals surface area contributed by atoms with Crippen LogP contribution >= 0.6 is 0 Å². The molecular weight excluding hydrogens is 428 g/mol. The van der Waals surface area contributed by atoms with Crippen LogP contribution in [0.5, 0.6) is 28.7 Å². The number of rotatable bonds is 9. The van der Waals surface area contributed by atoms with Crippen LogP contribution in [0.4, 0.5) is 0 Å². The number of hydrogen-bond acceptors (Lipinski definition) is 5. The minimum Gasteiger partial charge on any atom is -0.494 e. The second-order valence-electron chi connectivity index (χ2n) is 8.56. The summed E-state index contributed by atoms with van der Waals surface area (Å²) in [6.45, 7) is 0.701. The monoisotopic (exact) mass is 462 g/mol. The van der Waals surface area contributed by atoms with Crippen molar-refractivity contribution in [1.29, 1.82) is 0 Å². The Bertz CT molecular complexity index is 1030. The average Bonchev–Trinajstić information content (AvgIpc) is 3.10. The van der Waals surface area contributed by atoms with E-state index in [4.69, 9.17) is 23.7 Å². The topological polar surface area (TPSA) is 46.2 Å². The van der Waals surface area contributed by atoms with E-state index in [9.17, 15) is 0 Å². The molecule has 1 aliphatic carbocycles. The van der Waals surface area contributed by atoms with Crippen LogP contribution in [0.15, 0.2) is 54.6 Å². The molecular formula is C29H34O5. The van der Waals surface area contributed by atoms with Crippen LogP contribution in [0.1, 0.15) is 30.4 Å². The van der Waals surface area contributed by atoms with E-state index in [0.717, 1.165) is 60.5 Å². The minimum atomic E-state index is 0.558. The molecule has 5 nitrogen and oxygen atoms in total. The van der Waals surface area contributed by atoms with E-state index in [2.05, 4.69) is 48.5 Å². The largest absolute Gasteiger partial charge is 0.494 e. The van der Waals surface area contributed by atoms with Crippen molar-refractivity contribution in [3.63, 3.8) is 0 Å². The summed E-state index contributed by atoms with van der Waals surface area (Å²) in [5, 5.41) is 0. The highest BCUT2D eigenvalue weighted by Gasteiger charge is 2.29. The molecule has 0 saturated carbocycles. The van der Waals surface area contributed by atoms with Gasteiger partial charge in [-0.2, -0.15) is 0 Å². The minimum absolute atomic E-state index is 0.558. The summed E-state index contributed by atoms with van der Waals surface area (Å²) in [6, 6.07) is 18.7. The lowest BCUT2D eigenvalue weighted by Crippen LogP contribution is -2.07. The van der Waals surface area contributed by atoms with E-state index in [0.29, 0.717) is 24.0 Å². The van der Waals surface area contributed by atoms with Gasteiger partial charge in [0.05, 0.1) is 35.0 Å². The number of benzene rings is 3. The van der Waals surface area contributed by atoms with E-state index in [1.54, 1.807) is 28.4 Å². The molecule has 3 aromatic carbocycles. The molecule has 1 aliphatic rings. The normalized spacial score (nSPS) is 13.5. The Kier molecular flexibility index (Phi) is 7.84. The second-order valence-corrected chi connectivity index (χ2v) is 8.56. The van der Waals surface area contributed by atoms with Gasteiger partial charge in [-0.15, -0.1) is 0 Å². The van der Waals surface area contributed by atoms with Crippen LogP contribution < -0.4 is 23.7 Å². The summed E-state index contributed by atoms with van der Waals surface area (Å²) in [4.78, 5) is 0. The van der Waals surface area contributed by atoms with Crippen LogP contribution in [0, 0.1) is 5.92 Å². The van der Waals surface area contributed by atoms with Gasteiger partial charge >= 0.3 is 0 Å². The fourth-order valence-electron chi connectivity index (χ4n) is 4.93. The fraction of sp³-hybridized carbons (Fsp3) is 0.379. The van der Waals surface area contributed by atoms with Crippen molar-refractivity contribution in [2.45, 2.75) is 32.1 Å². The first-order valence-electron chi connectivity index (χ1n) is 11.9. The summed E-state index contributed by atoms with van der Waals surface area (Å²) < 4.78 is 28.9. The first-order valence-corrected chi connectivity index (χ1v) is 11.9. The number of ether oxygens (including phenoxy) is 5. The fourth-order valence-corrected chi connectivity index (χ4v) is 4.93. The average molecular weight is 463 g/mol. The van der Waals surface area contributed by atoms with Crippen LogP contribution in [0.25, 0.3) is 11.1 Å². The molecule has 0 bridgehead atoms. The highest BCUT2D eigenvalue weighted by atomic mass is 16.5. The molecule has 0 aliphatic heterocycles. The first kappa shape index (κ1) is 23.8. The van der Waals surface area contributed by atoms with Gasteiger partial charge < -0.3 is 23.7 Å². The van der Waals surface area contributed by atoms with Crippen LogP contribution in [0.3, 0.4) is 0 Å². The molecule has 4 rings (SSSR count). The Labute approximate surface area is 202 Å². The Hall–Kier alpha value is -3.34. The van der Waals surface area contributed by atoms with Crippen LogP contribution in [0.2, 0.25) is 0 Å². The maximum Gasteiger partial charge on any atom is 0.207 e.